The van der Waals surface area contributed by atoms with E-state index in [0.717, 1.165) is 22.6 Å². The fourth-order valence-corrected chi connectivity index (χ4v) is 5.35. The predicted molar refractivity (Wildman–Crippen MR) is 132 cm³/mol. The number of hydrogen-bond donors (Lipinski definition) is 1. The van der Waals surface area contributed by atoms with Crippen molar-refractivity contribution >= 4 is 15.9 Å². The van der Waals surface area contributed by atoms with Gasteiger partial charge in [-0.2, -0.15) is 5.10 Å². The molecule has 0 aliphatic heterocycles. The van der Waals surface area contributed by atoms with Crippen LogP contribution >= 0.6 is 0 Å². The second kappa shape index (κ2) is 9.60. The third-order valence-corrected chi connectivity index (χ3v) is 7.10. The lowest BCUT2D eigenvalue weighted by molar-refractivity contribution is 0.0784. The van der Waals surface area contributed by atoms with Crippen LogP contribution in [0.5, 0.6) is 5.75 Å². The molecular formula is C25H32N4O4S. The number of nitrogens with one attached hydrogen (secondary N) is 1. The van der Waals surface area contributed by atoms with E-state index < -0.39 is 15.6 Å². The summed E-state index contributed by atoms with van der Waals surface area (Å²) < 4.78 is 35.7. The molecule has 0 saturated carbocycles. The summed E-state index contributed by atoms with van der Waals surface area (Å²) in [5.41, 5.74) is 3.22. The van der Waals surface area contributed by atoms with E-state index in [-0.39, 0.29) is 22.1 Å². The summed E-state index contributed by atoms with van der Waals surface area (Å²) in [4.78, 5) is 14.7. The van der Waals surface area contributed by atoms with Crippen LogP contribution in [0.3, 0.4) is 0 Å². The van der Waals surface area contributed by atoms with E-state index in [2.05, 4.69) is 9.82 Å². The lowest BCUT2D eigenvalue weighted by atomic mass is 10.1. The first kappa shape index (κ1) is 25.5. The average Bonchev–Trinajstić information content (AvgIpc) is 3.05. The third-order valence-electron chi connectivity index (χ3n) is 5.32. The zero-order valence-corrected chi connectivity index (χ0v) is 21.5. The first-order chi connectivity index (χ1) is 15.8. The maximum atomic E-state index is 13.3. The minimum Gasteiger partial charge on any atom is -0.495 e. The number of para-hydroxylation sites is 1. The number of carbonyl (C=O) groups is 1. The Morgan fingerprint density at radius 2 is 1.76 bits per heavy atom. The second-order valence-electron chi connectivity index (χ2n) is 9.28. The largest absolute Gasteiger partial charge is 0.495 e. The van der Waals surface area contributed by atoms with Crippen LogP contribution in [0.1, 0.15) is 48.1 Å². The van der Waals surface area contributed by atoms with Crippen LogP contribution in [0.4, 0.5) is 0 Å². The summed E-state index contributed by atoms with van der Waals surface area (Å²) in [6, 6.07) is 14.2. The number of nitrogens with zero attached hydrogens (tertiary/aromatic N) is 3. The molecule has 182 valence electrons. The molecule has 0 saturated heterocycles. The van der Waals surface area contributed by atoms with Gasteiger partial charge in [-0.15, -0.1) is 0 Å². The first-order valence-corrected chi connectivity index (χ1v) is 12.4. The molecule has 0 radical (unpaired) electrons. The molecule has 3 aromatic rings. The summed E-state index contributed by atoms with van der Waals surface area (Å²) >= 11 is 0. The van der Waals surface area contributed by atoms with E-state index in [4.69, 9.17) is 4.74 Å². The zero-order valence-electron chi connectivity index (χ0n) is 20.7. The number of aryl methyl sites for hydroxylation is 1. The molecule has 0 aliphatic carbocycles. The molecule has 0 spiro atoms. The van der Waals surface area contributed by atoms with Gasteiger partial charge < -0.3 is 9.64 Å². The van der Waals surface area contributed by atoms with Gasteiger partial charge >= 0.3 is 0 Å². The van der Waals surface area contributed by atoms with Gasteiger partial charge in [0.05, 0.1) is 18.5 Å². The molecule has 2 aromatic carbocycles. The van der Waals surface area contributed by atoms with E-state index in [1.54, 1.807) is 38.8 Å². The van der Waals surface area contributed by atoms with Crippen molar-refractivity contribution in [2.24, 2.45) is 0 Å². The Morgan fingerprint density at radius 3 is 2.35 bits per heavy atom. The molecule has 0 bridgehead atoms. The number of hydrogen-bond acceptors (Lipinski definition) is 5. The zero-order chi connectivity index (χ0) is 25.3. The first-order valence-electron chi connectivity index (χ1n) is 10.9. The van der Waals surface area contributed by atoms with Crippen molar-refractivity contribution in [1.82, 2.24) is 19.4 Å². The molecule has 1 heterocycles. The van der Waals surface area contributed by atoms with Gasteiger partial charge in [0.15, 0.2) is 0 Å². The van der Waals surface area contributed by atoms with Crippen molar-refractivity contribution in [3.63, 3.8) is 0 Å². The molecule has 34 heavy (non-hydrogen) atoms. The molecule has 1 aromatic heterocycles. The fourth-order valence-electron chi connectivity index (χ4n) is 3.73. The van der Waals surface area contributed by atoms with E-state index >= 15 is 0 Å². The number of methoxy groups -OCH3 is 1. The van der Waals surface area contributed by atoms with Gasteiger partial charge in [-0.05, 0) is 65.0 Å². The van der Waals surface area contributed by atoms with Crippen LogP contribution in [-0.4, -0.2) is 48.7 Å². The van der Waals surface area contributed by atoms with E-state index in [1.165, 1.54) is 19.2 Å². The van der Waals surface area contributed by atoms with Gasteiger partial charge in [0.1, 0.15) is 10.6 Å². The molecule has 0 aliphatic rings. The number of aromatic nitrogens is 2. The lowest BCUT2D eigenvalue weighted by Gasteiger charge is -2.22. The van der Waals surface area contributed by atoms with E-state index in [9.17, 15) is 13.2 Å². The van der Waals surface area contributed by atoms with Gasteiger partial charge in [0, 0.05) is 36.0 Å². The number of carbonyl (C=O) groups excluding carboxylic acids is 1. The Labute approximate surface area is 201 Å². The van der Waals surface area contributed by atoms with Crippen LogP contribution in [0.25, 0.3) is 5.69 Å². The van der Waals surface area contributed by atoms with Gasteiger partial charge in [0.25, 0.3) is 5.91 Å². The number of rotatable bonds is 7. The Morgan fingerprint density at radius 1 is 1.12 bits per heavy atom. The molecule has 0 unspecified atom stereocenters. The SMILES string of the molecule is COc1ccc(C(=O)N(C)Cc2c(C)nn(-c3ccccc3)c2C)cc1S(=O)(=O)NC(C)(C)C. The van der Waals surface area contributed by atoms with Crippen LogP contribution in [-0.2, 0) is 16.6 Å². The number of ether oxygens (including phenoxy) is 1. The predicted octanol–water partition coefficient (Wildman–Crippen LogP) is 3.85. The standard InChI is InChI=1S/C25H32N4O4S/c1-17-21(18(2)29(26-17)20-11-9-8-10-12-20)16-28(6)24(30)19-13-14-22(33-7)23(15-19)34(31,32)27-25(3,4)5/h8-15,27H,16H2,1-7H3. The smallest absolute Gasteiger partial charge is 0.253 e. The van der Waals surface area contributed by atoms with Crippen molar-refractivity contribution in [3.8, 4) is 11.4 Å². The molecule has 1 amide bonds. The molecule has 3 rings (SSSR count). The van der Waals surface area contributed by atoms with Gasteiger partial charge in [-0.25, -0.2) is 17.8 Å². The van der Waals surface area contributed by atoms with Crippen molar-refractivity contribution in [2.75, 3.05) is 14.2 Å². The summed E-state index contributed by atoms with van der Waals surface area (Å²) in [5.74, 6) is -0.132. The van der Waals surface area contributed by atoms with E-state index in [1.807, 2.05) is 48.9 Å². The third kappa shape index (κ3) is 5.48. The van der Waals surface area contributed by atoms with Crippen LogP contribution < -0.4 is 9.46 Å². The average molecular weight is 485 g/mol. The normalized spacial score (nSPS) is 12.0. The monoisotopic (exact) mass is 484 g/mol. The highest BCUT2D eigenvalue weighted by atomic mass is 32.2. The van der Waals surface area contributed by atoms with Gasteiger partial charge in [-0.1, -0.05) is 18.2 Å². The number of benzene rings is 2. The minimum atomic E-state index is -3.90. The van der Waals surface area contributed by atoms with E-state index in [0.29, 0.717) is 6.54 Å². The maximum Gasteiger partial charge on any atom is 0.253 e. The highest BCUT2D eigenvalue weighted by Gasteiger charge is 2.27. The van der Waals surface area contributed by atoms with Crippen LogP contribution in [0.2, 0.25) is 0 Å². The van der Waals surface area contributed by atoms with Crippen LogP contribution in [0, 0.1) is 13.8 Å². The molecule has 9 heteroatoms. The maximum absolute atomic E-state index is 13.3. The summed E-state index contributed by atoms with van der Waals surface area (Å²) in [5, 5.41) is 4.64. The highest BCUT2D eigenvalue weighted by molar-refractivity contribution is 7.89. The second-order valence-corrected chi connectivity index (χ2v) is 10.9. The lowest BCUT2D eigenvalue weighted by Crippen LogP contribution is -2.40. The quantitative estimate of drug-likeness (QED) is 0.550. The Kier molecular flexibility index (Phi) is 7.18. The highest BCUT2D eigenvalue weighted by Crippen LogP contribution is 2.27. The summed E-state index contributed by atoms with van der Waals surface area (Å²) in [6.07, 6.45) is 0. The molecule has 0 fully saturated rings. The van der Waals surface area contributed by atoms with Gasteiger partial charge in [0.2, 0.25) is 10.0 Å². The Hall–Kier alpha value is -3.17. The Bertz CT molecular complexity index is 1290. The number of sulfonamides is 1. The van der Waals surface area contributed by atoms with Gasteiger partial charge in [-0.3, -0.25) is 4.79 Å². The van der Waals surface area contributed by atoms with Crippen molar-refractivity contribution in [2.45, 2.75) is 51.6 Å². The minimum absolute atomic E-state index is 0.0755. The summed E-state index contributed by atoms with van der Waals surface area (Å²) in [7, 11) is -0.816. The summed E-state index contributed by atoms with van der Waals surface area (Å²) in [6.45, 7) is 9.46. The Balaban J connectivity index is 1.90. The molecule has 8 nitrogen and oxygen atoms in total. The van der Waals surface area contributed by atoms with Crippen molar-refractivity contribution in [3.05, 3.63) is 71.0 Å². The van der Waals surface area contributed by atoms with Crippen molar-refractivity contribution < 1.29 is 17.9 Å². The number of amides is 1. The molecular weight excluding hydrogens is 452 g/mol. The topological polar surface area (TPSA) is 93.5 Å². The van der Waals surface area contributed by atoms with Crippen LogP contribution in [0.15, 0.2) is 53.4 Å². The fraction of sp³-hybridized carbons (Fsp3) is 0.360. The molecule has 1 N–H and O–H groups in total. The van der Waals surface area contributed by atoms with Crippen molar-refractivity contribution in [1.29, 1.82) is 0 Å². The molecule has 0 atom stereocenters.